The predicted molar refractivity (Wildman–Crippen MR) is 71.4 cm³/mol. The molecule has 1 aromatic carbocycles. The lowest BCUT2D eigenvalue weighted by Crippen LogP contribution is -2.21. The molecule has 2 aromatic rings. The van der Waals surface area contributed by atoms with Gasteiger partial charge in [0.25, 0.3) is 0 Å². The van der Waals surface area contributed by atoms with E-state index in [4.69, 9.17) is 5.11 Å². The molecule has 19 heavy (non-hydrogen) atoms. The summed E-state index contributed by atoms with van der Waals surface area (Å²) in [5.74, 6) is 0.229. The van der Waals surface area contributed by atoms with E-state index in [1.54, 1.807) is 10.6 Å². The Morgan fingerprint density at radius 2 is 2.26 bits per heavy atom. The fraction of sp³-hybridized carbons (Fsp3) is 0.429. The lowest BCUT2D eigenvalue weighted by molar-refractivity contribution is 0.0697. The summed E-state index contributed by atoms with van der Waals surface area (Å²) in [6.07, 6.45) is 2.50. The molecule has 0 aliphatic heterocycles. The zero-order chi connectivity index (χ0) is 13.6. The Labute approximate surface area is 109 Å². The lowest BCUT2D eigenvalue weighted by Gasteiger charge is -2.10. The maximum absolute atomic E-state index is 12.0. The third-order valence-corrected chi connectivity index (χ3v) is 3.92. The highest BCUT2D eigenvalue weighted by atomic mass is 16.4. The number of nitrogens with one attached hydrogen (secondary N) is 1. The van der Waals surface area contributed by atoms with Crippen LogP contribution >= 0.6 is 0 Å². The molecule has 100 valence electrons. The summed E-state index contributed by atoms with van der Waals surface area (Å²) in [5, 5.41) is 8.95. The molecule has 3 rings (SSSR count). The SMILES string of the molecule is CC(Cn1c(=O)[nH]c2cc(C(=O)O)ccc21)C1CC1. The van der Waals surface area contributed by atoms with Crippen molar-refractivity contribution in [2.75, 3.05) is 0 Å². The minimum Gasteiger partial charge on any atom is -0.478 e. The van der Waals surface area contributed by atoms with Crippen molar-refractivity contribution in [3.63, 3.8) is 0 Å². The second-order valence-electron chi connectivity index (χ2n) is 5.39. The van der Waals surface area contributed by atoms with E-state index in [1.807, 2.05) is 0 Å². The van der Waals surface area contributed by atoms with Crippen LogP contribution in [0, 0.1) is 11.8 Å². The molecule has 0 amide bonds. The predicted octanol–water partition coefficient (Wildman–Crippen LogP) is 2.07. The Morgan fingerprint density at radius 3 is 2.89 bits per heavy atom. The van der Waals surface area contributed by atoms with Crippen molar-refractivity contribution in [3.05, 3.63) is 34.2 Å². The van der Waals surface area contributed by atoms with Crippen LogP contribution in [0.3, 0.4) is 0 Å². The Morgan fingerprint density at radius 1 is 1.53 bits per heavy atom. The number of carbonyl (C=O) groups is 1. The summed E-state index contributed by atoms with van der Waals surface area (Å²) in [5.41, 5.74) is 1.40. The van der Waals surface area contributed by atoms with Gasteiger partial charge in [0.2, 0.25) is 0 Å². The zero-order valence-electron chi connectivity index (χ0n) is 10.7. The molecule has 2 N–H and O–H groups in total. The number of aromatic carboxylic acids is 1. The molecule has 1 aliphatic carbocycles. The normalized spacial score (nSPS) is 16.7. The molecule has 1 saturated carbocycles. The van der Waals surface area contributed by atoms with Crippen molar-refractivity contribution in [1.29, 1.82) is 0 Å². The molecule has 5 nitrogen and oxygen atoms in total. The number of H-pyrrole nitrogens is 1. The molecule has 1 fully saturated rings. The van der Waals surface area contributed by atoms with Crippen molar-refractivity contribution in [2.45, 2.75) is 26.3 Å². The average Bonchev–Trinajstić information content (AvgIpc) is 3.16. The van der Waals surface area contributed by atoms with Crippen LogP contribution in [0.4, 0.5) is 0 Å². The Kier molecular flexibility index (Phi) is 2.69. The number of carboxylic acids is 1. The molecule has 1 unspecified atom stereocenters. The second-order valence-corrected chi connectivity index (χ2v) is 5.39. The number of fused-ring (bicyclic) bond motifs is 1. The van der Waals surface area contributed by atoms with Gasteiger partial charge >= 0.3 is 11.7 Å². The molecular formula is C14H16N2O3. The third-order valence-electron chi connectivity index (χ3n) is 3.92. The van der Waals surface area contributed by atoms with E-state index in [1.165, 1.54) is 25.0 Å². The van der Waals surface area contributed by atoms with Crippen LogP contribution in [-0.2, 0) is 6.54 Å². The summed E-state index contributed by atoms with van der Waals surface area (Å²) >= 11 is 0. The highest BCUT2D eigenvalue weighted by Crippen LogP contribution is 2.37. The number of aromatic amines is 1. The molecule has 0 radical (unpaired) electrons. The van der Waals surface area contributed by atoms with Gasteiger partial charge in [-0.1, -0.05) is 6.92 Å². The van der Waals surface area contributed by atoms with Crippen LogP contribution in [0.1, 0.15) is 30.1 Å². The molecule has 1 aliphatic rings. The highest BCUT2D eigenvalue weighted by molar-refractivity contribution is 5.92. The molecule has 0 saturated heterocycles. The summed E-state index contributed by atoms with van der Waals surface area (Å²) in [7, 11) is 0. The summed E-state index contributed by atoms with van der Waals surface area (Å²) in [6.45, 7) is 2.85. The van der Waals surface area contributed by atoms with E-state index < -0.39 is 5.97 Å². The fourth-order valence-electron chi connectivity index (χ4n) is 2.58. The molecule has 5 heteroatoms. The number of hydrogen-bond donors (Lipinski definition) is 2. The number of carboxylic acid groups (broad SMARTS) is 1. The molecule has 0 bridgehead atoms. The Hall–Kier alpha value is -2.04. The Balaban J connectivity index is 2.01. The van der Waals surface area contributed by atoms with Gasteiger partial charge in [0.15, 0.2) is 0 Å². The van der Waals surface area contributed by atoms with Gasteiger partial charge in [0, 0.05) is 6.54 Å². The number of hydrogen-bond acceptors (Lipinski definition) is 2. The molecule has 1 aromatic heterocycles. The van der Waals surface area contributed by atoms with Crippen molar-refractivity contribution < 1.29 is 9.90 Å². The van der Waals surface area contributed by atoms with Gasteiger partial charge in [-0.25, -0.2) is 9.59 Å². The number of benzene rings is 1. The molecular weight excluding hydrogens is 244 g/mol. The minimum absolute atomic E-state index is 0.162. The van der Waals surface area contributed by atoms with Crippen molar-refractivity contribution in [3.8, 4) is 0 Å². The second kappa shape index (κ2) is 4.26. The maximum atomic E-state index is 12.0. The molecule has 0 spiro atoms. The minimum atomic E-state index is -0.984. The van der Waals surface area contributed by atoms with Gasteiger partial charge in [0.1, 0.15) is 0 Å². The first-order chi connectivity index (χ1) is 9.06. The van der Waals surface area contributed by atoms with Crippen LogP contribution in [-0.4, -0.2) is 20.6 Å². The molecule has 1 atom stereocenters. The van der Waals surface area contributed by atoms with Crippen molar-refractivity contribution >= 4 is 17.0 Å². The van der Waals surface area contributed by atoms with E-state index in [0.29, 0.717) is 18.0 Å². The standard InChI is InChI=1S/C14H16N2O3/c1-8(9-2-3-9)7-16-12-5-4-10(13(17)18)6-11(12)15-14(16)19/h4-6,8-9H,2-3,7H2,1H3,(H,15,19)(H,17,18). The lowest BCUT2D eigenvalue weighted by atomic mass is 10.1. The largest absolute Gasteiger partial charge is 0.478 e. The summed E-state index contributed by atoms with van der Waals surface area (Å²) < 4.78 is 1.71. The van der Waals surface area contributed by atoms with Gasteiger partial charge < -0.3 is 10.1 Å². The molecule has 1 heterocycles. The number of imidazole rings is 1. The van der Waals surface area contributed by atoms with Crippen molar-refractivity contribution in [1.82, 2.24) is 9.55 Å². The van der Waals surface area contributed by atoms with Crippen LogP contribution in [0.5, 0.6) is 0 Å². The number of nitrogens with zero attached hydrogens (tertiary/aromatic N) is 1. The first-order valence-corrected chi connectivity index (χ1v) is 6.52. The first-order valence-electron chi connectivity index (χ1n) is 6.52. The van der Waals surface area contributed by atoms with Gasteiger partial charge in [0.05, 0.1) is 16.6 Å². The van der Waals surface area contributed by atoms with Gasteiger partial charge in [-0.3, -0.25) is 4.57 Å². The topological polar surface area (TPSA) is 75.1 Å². The Bertz CT molecular complexity index is 694. The third kappa shape index (κ3) is 2.16. The zero-order valence-corrected chi connectivity index (χ0v) is 10.7. The van der Waals surface area contributed by atoms with Crippen LogP contribution in [0.25, 0.3) is 11.0 Å². The van der Waals surface area contributed by atoms with E-state index >= 15 is 0 Å². The van der Waals surface area contributed by atoms with E-state index in [2.05, 4.69) is 11.9 Å². The number of rotatable bonds is 4. The summed E-state index contributed by atoms with van der Waals surface area (Å²) in [4.78, 5) is 25.6. The van der Waals surface area contributed by atoms with Crippen LogP contribution in [0.15, 0.2) is 23.0 Å². The van der Waals surface area contributed by atoms with Gasteiger partial charge in [-0.15, -0.1) is 0 Å². The number of aromatic nitrogens is 2. The maximum Gasteiger partial charge on any atom is 0.335 e. The van der Waals surface area contributed by atoms with Crippen molar-refractivity contribution in [2.24, 2.45) is 11.8 Å². The average molecular weight is 260 g/mol. The fourth-order valence-corrected chi connectivity index (χ4v) is 2.58. The smallest absolute Gasteiger partial charge is 0.335 e. The first kappa shape index (κ1) is 12.0. The quantitative estimate of drug-likeness (QED) is 0.883. The summed E-state index contributed by atoms with van der Waals surface area (Å²) in [6, 6.07) is 4.75. The van der Waals surface area contributed by atoms with E-state index in [0.717, 1.165) is 11.4 Å². The van der Waals surface area contributed by atoms with E-state index in [9.17, 15) is 9.59 Å². The van der Waals surface area contributed by atoms with Gasteiger partial charge in [-0.2, -0.15) is 0 Å². The van der Waals surface area contributed by atoms with E-state index in [-0.39, 0.29) is 11.3 Å². The van der Waals surface area contributed by atoms with Crippen LogP contribution < -0.4 is 5.69 Å². The highest BCUT2D eigenvalue weighted by Gasteiger charge is 2.28. The monoisotopic (exact) mass is 260 g/mol. The van der Waals surface area contributed by atoms with Gasteiger partial charge in [-0.05, 0) is 42.9 Å². The van der Waals surface area contributed by atoms with Crippen LogP contribution in [0.2, 0.25) is 0 Å².